The Kier molecular flexibility index (Phi) is 3.56. The number of unbranched alkanes of at least 4 members (excludes halogenated alkanes) is 1. The monoisotopic (exact) mass is 254 g/mol. The maximum absolute atomic E-state index is 6.29. The van der Waals surface area contributed by atoms with Crippen molar-refractivity contribution >= 4 is 10.8 Å². The summed E-state index contributed by atoms with van der Waals surface area (Å²) in [6, 6.07) is 13.2. The van der Waals surface area contributed by atoms with Crippen LogP contribution in [0.3, 0.4) is 0 Å². The summed E-state index contributed by atoms with van der Waals surface area (Å²) >= 11 is 0. The molecule has 0 saturated heterocycles. The van der Waals surface area contributed by atoms with Crippen molar-refractivity contribution < 1.29 is 4.74 Å². The van der Waals surface area contributed by atoms with Gasteiger partial charge in [-0.25, -0.2) is 0 Å². The van der Waals surface area contributed by atoms with E-state index in [1.165, 1.54) is 41.2 Å². The van der Waals surface area contributed by atoms with Crippen LogP contribution in [0, 0.1) is 0 Å². The Morgan fingerprint density at radius 2 is 2.00 bits per heavy atom. The molecular formula is C18H22O. The highest BCUT2D eigenvalue weighted by Gasteiger charge is 2.25. The summed E-state index contributed by atoms with van der Waals surface area (Å²) < 4.78 is 6.29. The second kappa shape index (κ2) is 5.34. The van der Waals surface area contributed by atoms with Crippen LogP contribution in [0.5, 0.6) is 0 Å². The van der Waals surface area contributed by atoms with Crippen LogP contribution in [0.2, 0.25) is 0 Å². The number of hydrogen-bond donors (Lipinski definition) is 0. The fourth-order valence-electron chi connectivity index (χ4n) is 3.16. The lowest BCUT2D eigenvalue weighted by Crippen LogP contribution is -2.13. The predicted octanol–water partition coefficient (Wildman–Crippen LogP) is 5.03. The molecule has 1 heteroatoms. The van der Waals surface area contributed by atoms with E-state index in [4.69, 9.17) is 4.74 Å². The number of hydrogen-bond acceptors (Lipinski definition) is 1. The number of rotatable bonds is 5. The summed E-state index contributed by atoms with van der Waals surface area (Å²) in [5.41, 5.74) is 2.83. The minimum Gasteiger partial charge on any atom is -0.370 e. The molecule has 0 radical (unpaired) electrons. The highest BCUT2D eigenvalue weighted by molar-refractivity contribution is 5.91. The third-order valence-corrected chi connectivity index (χ3v) is 4.14. The third kappa shape index (κ3) is 2.40. The predicted molar refractivity (Wildman–Crippen MR) is 80.5 cm³/mol. The largest absolute Gasteiger partial charge is 0.370 e. The lowest BCUT2D eigenvalue weighted by molar-refractivity contribution is -0.00493. The summed E-state index contributed by atoms with van der Waals surface area (Å²) in [5.74, 6) is 0. The van der Waals surface area contributed by atoms with Crippen LogP contribution in [-0.2, 0) is 11.2 Å². The van der Waals surface area contributed by atoms with Crippen LogP contribution in [0.15, 0.2) is 36.4 Å². The fraction of sp³-hybridized carbons (Fsp3) is 0.444. The molecule has 0 bridgehead atoms. The van der Waals surface area contributed by atoms with Gasteiger partial charge in [-0.3, -0.25) is 0 Å². The van der Waals surface area contributed by atoms with Crippen molar-refractivity contribution in [1.82, 2.24) is 0 Å². The Morgan fingerprint density at radius 3 is 2.79 bits per heavy atom. The Morgan fingerprint density at radius 1 is 1.21 bits per heavy atom. The molecular weight excluding hydrogens is 232 g/mol. The quantitative estimate of drug-likeness (QED) is 0.727. The van der Waals surface area contributed by atoms with Crippen molar-refractivity contribution in [3.63, 3.8) is 0 Å². The maximum atomic E-state index is 6.29. The van der Waals surface area contributed by atoms with E-state index in [2.05, 4.69) is 50.2 Å². The summed E-state index contributed by atoms with van der Waals surface area (Å²) in [6.45, 7) is 4.44. The van der Waals surface area contributed by atoms with Crippen molar-refractivity contribution in [3.8, 4) is 0 Å². The second-order valence-electron chi connectivity index (χ2n) is 5.64. The SMILES string of the molecule is CCCCC(C)OC1Cc2cccc3cccc1c23. The van der Waals surface area contributed by atoms with Crippen LogP contribution in [-0.4, -0.2) is 6.10 Å². The average Bonchev–Trinajstić information content (AvgIpc) is 2.77. The molecule has 1 nitrogen and oxygen atoms in total. The fourth-order valence-corrected chi connectivity index (χ4v) is 3.16. The van der Waals surface area contributed by atoms with Gasteiger partial charge in [-0.15, -0.1) is 0 Å². The molecule has 100 valence electrons. The molecule has 2 unspecified atom stereocenters. The van der Waals surface area contributed by atoms with Gasteiger partial charge in [0, 0.05) is 6.42 Å². The minimum atomic E-state index is 0.257. The first kappa shape index (κ1) is 12.7. The smallest absolute Gasteiger partial charge is 0.0875 e. The van der Waals surface area contributed by atoms with E-state index in [-0.39, 0.29) is 6.10 Å². The lowest BCUT2D eigenvalue weighted by Gasteiger charge is -2.19. The summed E-state index contributed by atoms with van der Waals surface area (Å²) in [5, 5.41) is 2.78. The molecule has 0 fully saturated rings. The molecule has 0 aromatic heterocycles. The number of benzene rings is 2. The molecule has 0 heterocycles. The lowest BCUT2D eigenvalue weighted by atomic mass is 10.1. The topological polar surface area (TPSA) is 9.23 Å². The van der Waals surface area contributed by atoms with Gasteiger partial charge in [-0.05, 0) is 35.2 Å². The zero-order valence-electron chi connectivity index (χ0n) is 11.9. The number of ether oxygens (including phenoxy) is 1. The molecule has 19 heavy (non-hydrogen) atoms. The van der Waals surface area contributed by atoms with E-state index in [1.54, 1.807) is 0 Å². The van der Waals surface area contributed by atoms with Crippen molar-refractivity contribution in [3.05, 3.63) is 47.5 Å². The van der Waals surface area contributed by atoms with E-state index < -0.39 is 0 Å². The zero-order valence-corrected chi connectivity index (χ0v) is 11.9. The van der Waals surface area contributed by atoms with Crippen molar-refractivity contribution in [2.75, 3.05) is 0 Å². The molecule has 0 amide bonds. The average molecular weight is 254 g/mol. The highest BCUT2D eigenvalue weighted by Crippen LogP contribution is 2.39. The van der Waals surface area contributed by atoms with Crippen LogP contribution in [0.25, 0.3) is 10.8 Å². The van der Waals surface area contributed by atoms with Crippen LogP contribution >= 0.6 is 0 Å². The van der Waals surface area contributed by atoms with Crippen molar-refractivity contribution in [2.24, 2.45) is 0 Å². The molecule has 2 atom stereocenters. The Labute approximate surface area is 115 Å². The molecule has 2 aromatic carbocycles. The first-order chi connectivity index (χ1) is 9.29. The van der Waals surface area contributed by atoms with Gasteiger partial charge in [0.05, 0.1) is 12.2 Å². The van der Waals surface area contributed by atoms with Crippen molar-refractivity contribution in [2.45, 2.75) is 51.7 Å². The van der Waals surface area contributed by atoms with E-state index >= 15 is 0 Å². The standard InChI is InChI=1S/C18H22O/c1-3-4-7-13(2)19-17-12-15-10-5-8-14-9-6-11-16(17)18(14)15/h5-6,8-11,13,17H,3-4,7,12H2,1-2H3. The summed E-state index contributed by atoms with van der Waals surface area (Å²) in [4.78, 5) is 0. The van der Waals surface area contributed by atoms with Gasteiger partial charge >= 0.3 is 0 Å². The Bertz CT molecular complexity index is 568. The first-order valence-electron chi connectivity index (χ1n) is 7.45. The van der Waals surface area contributed by atoms with Gasteiger partial charge in [0.1, 0.15) is 0 Å². The van der Waals surface area contributed by atoms with E-state index in [9.17, 15) is 0 Å². The van der Waals surface area contributed by atoms with Crippen LogP contribution < -0.4 is 0 Å². The highest BCUT2D eigenvalue weighted by atomic mass is 16.5. The summed E-state index contributed by atoms with van der Waals surface area (Å²) in [7, 11) is 0. The van der Waals surface area contributed by atoms with E-state index in [1.807, 2.05) is 0 Å². The van der Waals surface area contributed by atoms with Gasteiger partial charge < -0.3 is 4.74 Å². The van der Waals surface area contributed by atoms with Crippen LogP contribution in [0.1, 0.15) is 50.3 Å². The molecule has 1 aliphatic rings. The van der Waals surface area contributed by atoms with Crippen molar-refractivity contribution in [1.29, 1.82) is 0 Å². The second-order valence-corrected chi connectivity index (χ2v) is 5.64. The Hall–Kier alpha value is -1.34. The van der Waals surface area contributed by atoms with E-state index in [0.29, 0.717) is 6.10 Å². The molecule has 0 saturated carbocycles. The molecule has 0 spiro atoms. The van der Waals surface area contributed by atoms with Gasteiger partial charge in [0.2, 0.25) is 0 Å². The van der Waals surface area contributed by atoms with Crippen LogP contribution in [0.4, 0.5) is 0 Å². The van der Waals surface area contributed by atoms with Gasteiger partial charge in [-0.1, -0.05) is 56.2 Å². The third-order valence-electron chi connectivity index (χ3n) is 4.14. The maximum Gasteiger partial charge on any atom is 0.0875 e. The minimum absolute atomic E-state index is 0.257. The molecule has 0 N–H and O–H groups in total. The molecule has 0 aliphatic heterocycles. The zero-order chi connectivity index (χ0) is 13.2. The first-order valence-corrected chi connectivity index (χ1v) is 7.45. The summed E-state index contributed by atoms with van der Waals surface area (Å²) in [6.07, 6.45) is 5.31. The van der Waals surface area contributed by atoms with Gasteiger partial charge in [-0.2, -0.15) is 0 Å². The molecule has 3 rings (SSSR count). The Balaban J connectivity index is 1.83. The van der Waals surface area contributed by atoms with Gasteiger partial charge in [0.25, 0.3) is 0 Å². The molecule has 1 aliphatic carbocycles. The normalized spacial score (nSPS) is 18.9. The van der Waals surface area contributed by atoms with Gasteiger partial charge in [0.15, 0.2) is 0 Å². The van der Waals surface area contributed by atoms with E-state index in [0.717, 1.165) is 6.42 Å². The molecule has 2 aromatic rings.